The number of hydrogen-bond donors (Lipinski definition) is 2. The van der Waals surface area contributed by atoms with Crippen LogP contribution in [-0.2, 0) is 0 Å². The molecule has 3 aromatic rings. The van der Waals surface area contributed by atoms with Gasteiger partial charge in [0, 0.05) is 21.6 Å². The van der Waals surface area contributed by atoms with E-state index < -0.39 is 11.7 Å². The fraction of sp³-hybridized carbons (Fsp3) is 0.167. The SMILES string of the molecule is O=C(Nc1ccc(-c2n[nH]c(C3CC3)n2)cc1)c1cc(Br)ccc1F. The summed E-state index contributed by atoms with van der Waals surface area (Å²) in [6, 6.07) is 11.4. The molecule has 0 saturated heterocycles. The molecule has 126 valence electrons. The Hall–Kier alpha value is -2.54. The first-order valence-electron chi connectivity index (χ1n) is 7.89. The van der Waals surface area contributed by atoms with Crippen molar-refractivity contribution in [3.05, 3.63) is 64.1 Å². The number of nitrogens with zero attached hydrogens (tertiary/aromatic N) is 2. The van der Waals surface area contributed by atoms with Crippen molar-refractivity contribution in [1.82, 2.24) is 15.2 Å². The fourth-order valence-electron chi connectivity index (χ4n) is 2.52. The molecule has 0 bridgehead atoms. The highest BCUT2D eigenvalue weighted by Crippen LogP contribution is 2.38. The number of amides is 1. The van der Waals surface area contributed by atoms with Gasteiger partial charge in [0.2, 0.25) is 0 Å². The summed E-state index contributed by atoms with van der Waals surface area (Å²) in [5.74, 6) is 1.02. The molecule has 1 aromatic heterocycles. The van der Waals surface area contributed by atoms with Crippen LogP contribution in [0.5, 0.6) is 0 Å². The van der Waals surface area contributed by atoms with Gasteiger partial charge in [-0.05, 0) is 55.3 Å². The summed E-state index contributed by atoms with van der Waals surface area (Å²) in [5.41, 5.74) is 1.42. The minimum Gasteiger partial charge on any atom is -0.322 e. The molecule has 1 heterocycles. The second kappa shape index (κ2) is 6.40. The number of carbonyl (C=O) groups is 1. The Morgan fingerprint density at radius 2 is 1.96 bits per heavy atom. The molecule has 1 aliphatic rings. The highest BCUT2D eigenvalue weighted by Gasteiger charge is 2.27. The van der Waals surface area contributed by atoms with E-state index in [0.29, 0.717) is 21.9 Å². The molecule has 0 radical (unpaired) electrons. The third-order valence-electron chi connectivity index (χ3n) is 4.04. The van der Waals surface area contributed by atoms with Crippen LogP contribution >= 0.6 is 15.9 Å². The molecule has 0 spiro atoms. The number of nitrogens with one attached hydrogen (secondary N) is 2. The van der Waals surface area contributed by atoms with Crippen molar-refractivity contribution in [2.45, 2.75) is 18.8 Å². The average Bonchev–Trinajstić information content (AvgIpc) is 3.35. The summed E-state index contributed by atoms with van der Waals surface area (Å²) >= 11 is 3.24. The number of rotatable bonds is 4. The van der Waals surface area contributed by atoms with Gasteiger partial charge < -0.3 is 5.32 Å². The van der Waals surface area contributed by atoms with Gasteiger partial charge in [-0.3, -0.25) is 9.89 Å². The lowest BCUT2D eigenvalue weighted by atomic mass is 10.1. The van der Waals surface area contributed by atoms with Crippen molar-refractivity contribution in [3.8, 4) is 11.4 Å². The summed E-state index contributed by atoms with van der Waals surface area (Å²) < 4.78 is 14.4. The van der Waals surface area contributed by atoms with Crippen LogP contribution in [0.15, 0.2) is 46.9 Å². The molecule has 1 saturated carbocycles. The van der Waals surface area contributed by atoms with E-state index in [1.54, 1.807) is 18.2 Å². The van der Waals surface area contributed by atoms with Gasteiger partial charge in [-0.25, -0.2) is 9.37 Å². The number of hydrogen-bond acceptors (Lipinski definition) is 3. The van der Waals surface area contributed by atoms with E-state index in [-0.39, 0.29) is 5.56 Å². The summed E-state index contributed by atoms with van der Waals surface area (Å²) in [6.45, 7) is 0. The lowest BCUT2D eigenvalue weighted by Crippen LogP contribution is -2.13. The predicted octanol–water partition coefficient (Wildman–Crippen LogP) is 4.50. The van der Waals surface area contributed by atoms with Crippen LogP contribution in [0.25, 0.3) is 11.4 Å². The lowest BCUT2D eigenvalue weighted by Gasteiger charge is -2.07. The van der Waals surface area contributed by atoms with Crippen molar-refractivity contribution in [2.24, 2.45) is 0 Å². The predicted molar refractivity (Wildman–Crippen MR) is 95.8 cm³/mol. The van der Waals surface area contributed by atoms with Crippen molar-refractivity contribution in [2.75, 3.05) is 5.32 Å². The molecule has 0 atom stereocenters. The molecule has 1 amide bonds. The highest BCUT2D eigenvalue weighted by atomic mass is 79.9. The molecule has 1 fully saturated rings. The Morgan fingerprint density at radius 1 is 1.20 bits per heavy atom. The molecule has 0 unspecified atom stereocenters. The van der Waals surface area contributed by atoms with E-state index in [0.717, 1.165) is 24.2 Å². The van der Waals surface area contributed by atoms with Crippen molar-refractivity contribution in [3.63, 3.8) is 0 Å². The maximum atomic E-state index is 13.8. The Labute approximate surface area is 151 Å². The fourth-order valence-corrected chi connectivity index (χ4v) is 2.88. The average molecular weight is 401 g/mol. The Morgan fingerprint density at radius 3 is 2.68 bits per heavy atom. The second-order valence-electron chi connectivity index (χ2n) is 5.97. The van der Waals surface area contributed by atoms with Crippen LogP contribution in [0.1, 0.15) is 34.9 Å². The van der Waals surface area contributed by atoms with Crippen LogP contribution in [0.2, 0.25) is 0 Å². The summed E-state index contributed by atoms with van der Waals surface area (Å²) in [7, 11) is 0. The lowest BCUT2D eigenvalue weighted by molar-refractivity contribution is 0.102. The maximum Gasteiger partial charge on any atom is 0.258 e. The van der Waals surface area contributed by atoms with E-state index >= 15 is 0 Å². The minimum absolute atomic E-state index is 0.0125. The van der Waals surface area contributed by atoms with Crippen LogP contribution in [0.4, 0.5) is 10.1 Å². The summed E-state index contributed by atoms with van der Waals surface area (Å²) in [6.07, 6.45) is 2.32. The molecule has 25 heavy (non-hydrogen) atoms. The number of aromatic nitrogens is 3. The molecular weight excluding hydrogens is 387 g/mol. The van der Waals surface area contributed by atoms with Crippen LogP contribution in [0.3, 0.4) is 0 Å². The Kier molecular flexibility index (Phi) is 4.09. The standard InChI is InChI=1S/C18H14BrFN4O/c19-12-5-8-15(20)14(9-12)18(25)21-13-6-3-11(4-7-13)17-22-16(23-24-17)10-1-2-10/h3-10H,1-2H2,(H,21,25)(H,22,23,24). The zero-order valence-electron chi connectivity index (χ0n) is 13.1. The van der Waals surface area contributed by atoms with Gasteiger partial charge in [0.05, 0.1) is 5.56 Å². The van der Waals surface area contributed by atoms with Crippen LogP contribution < -0.4 is 5.32 Å². The number of carbonyl (C=O) groups excluding carboxylic acids is 1. The summed E-state index contributed by atoms with van der Waals surface area (Å²) in [5, 5.41) is 9.89. The van der Waals surface area contributed by atoms with Gasteiger partial charge in [-0.1, -0.05) is 15.9 Å². The van der Waals surface area contributed by atoms with Gasteiger partial charge >= 0.3 is 0 Å². The number of aromatic amines is 1. The molecule has 4 rings (SSSR count). The van der Waals surface area contributed by atoms with E-state index in [2.05, 4.69) is 36.4 Å². The number of halogens is 2. The Bertz CT molecular complexity index is 935. The van der Waals surface area contributed by atoms with E-state index in [4.69, 9.17) is 0 Å². The van der Waals surface area contributed by atoms with E-state index in [1.807, 2.05) is 12.1 Å². The maximum absolute atomic E-state index is 13.8. The first kappa shape index (κ1) is 16.0. The van der Waals surface area contributed by atoms with E-state index in [9.17, 15) is 9.18 Å². The molecule has 0 aliphatic heterocycles. The zero-order chi connectivity index (χ0) is 17.4. The Balaban J connectivity index is 1.49. The third kappa shape index (κ3) is 3.46. The largest absolute Gasteiger partial charge is 0.322 e. The second-order valence-corrected chi connectivity index (χ2v) is 6.89. The first-order valence-corrected chi connectivity index (χ1v) is 8.68. The molecular formula is C18H14BrFN4O. The first-order chi connectivity index (χ1) is 12.1. The molecule has 5 nitrogen and oxygen atoms in total. The van der Waals surface area contributed by atoms with Gasteiger partial charge in [0.1, 0.15) is 11.6 Å². The van der Waals surface area contributed by atoms with Gasteiger partial charge in [0.15, 0.2) is 5.82 Å². The van der Waals surface area contributed by atoms with Gasteiger partial charge in [-0.15, -0.1) is 0 Å². The minimum atomic E-state index is -0.564. The van der Waals surface area contributed by atoms with Crippen molar-refractivity contribution in [1.29, 1.82) is 0 Å². The van der Waals surface area contributed by atoms with Crippen molar-refractivity contribution < 1.29 is 9.18 Å². The monoisotopic (exact) mass is 400 g/mol. The normalized spacial score (nSPS) is 13.7. The smallest absolute Gasteiger partial charge is 0.258 e. The third-order valence-corrected chi connectivity index (χ3v) is 4.53. The number of H-pyrrole nitrogens is 1. The van der Waals surface area contributed by atoms with Gasteiger partial charge in [-0.2, -0.15) is 5.10 Å². The van der Waals surface area contributed by atoms with Crippen LogP contribution in [0, 0.1) is 5.82 Å². The van der Waals surface area contributed by atoms with Gasteiger partial charge in [0.25, 0.3) is 5.91 Å². The molecule has 1 aliphatic carbocycles. The molecule has 2 N–H and O–H groups in total. The van der Waals surface area contributed by atoms with Crippen LogP contribution in [-0.4, -0.2) is 21.1 Å². The topological polar surface area (TPSA) is 70.7 Å². The number of anilines is 1. The van der Waals surface area contributed by atoms with E-state index in [1.165, 1.54) is 12.1 Å². The zero-order valence-corrected chi connectivity index (χ0v) is 14.7. The molecule has 7 heteroatoms. The number of benzene rings is 2. The highest BCUT2D eigenvalue weighted by molar-refractivity contribution is 9.10. The van der Waals surface area contributed by atoms with Crippen molar-refractivity contribution >= 4 is 27.5 Å². The molecule has 2 aromatic carbocycles. The summed E-state index contributed by atoms with van der Waals surface area (Å²) in [4.78, 5) is 16.7. The quantitative estimate of drug-likeness (QED) is 0.676.